The summed E-state index contributed by atoms with van der Waals surface area (Å²) >= 11 is 0. The van der Waals surface area contributed by atoms with Crippen molar-refractivity contribution in [3.05, 3.63) is 35.4 Å². The highest BCUT2D eigenvalue weighted by Gasteiger charge is 2.31. The Labute approximate surface area is 104 Å². The van der Waals surface area contributed by atoms with Crippen LogP contribution in [0.25, 0.3) is 0 Å². The third-order valence-corrected chi connectivity index (χ3v) is 3.55. The van der Waals surface area contributed by atoms with E-state index in [1.807, 2.05) is 0 Å². The molecule has 0 amide bonds. The molecule has 0 spiro atoms. The quantitative estimate of drug-likeness (QED) is 0.817. The van der Waals surface area contributed by atoms with Gasteiger partial charge in [0, 0.05) is 25.7 Å². The number of rotatable bonds is 6. The molecule has 3 heteroatoms. The lowest BCUT2D eigenvalue weighted by Crippen LogP contribution is -2.32. The molecule has 1 aromatic rings. The molecule has 1 fully saturated rings. The largest absolute Gasteiger partial charge is 0.380 e. The van der Waals surface area contributed by atoms with Crippen molar-refractivity contribution in [1.82, 2.24) is 4.90 Å². The van der Waals surface area contributed by atoms with E-state index in [0.29, 0.717) is 19.2 Å². The Morgan fingerprint density at radius 3 is 2.71 bits per heavy atom. The van der Waals surface area contributed by atoms with Gasteiger partial charge in [0.05, 0.1) is 6.61 Å². The molecular formula is C14H22N2O. The van der Waals surface area contributed by atoms with Gasteiger partial charge in [-0.05, 0) is 31.0 Å². The molecule has 3 nitrogen and oxygen atoms in total. The average molecular weight is 234 g/mol. The fourth-order valence-corrected chi connectivity index (χ4v) is 2.40. The molecular weight excluding hydrogens is 212 g/mol. The van der Waals surface area contributed by atoms with Crippen molar-refractivity contribution < 1.29 is 4.74 Å². The highest BCUT2D eigenvalue weighted by Crippen LogP contribution is 2.33. The zero-order chi connectivity index (χ0) is 12.3. The summed E-state index contributed by atoms with van der Waals surface area (Å²) in [6.07, 6.45) is 2.61. The number of benzene rings is 1. The molecule has 1 unspecified atom stereocenters. The van der Waals surface area contributed by atoms with Crippen LogP contribution in [0.4, 0.5) is 0 Å². The normalized spacial score (nSPS) is 17.4. The highest BCUT2D eigenvalue weighted by atomic mass is 16.5. The molecule has 2 rings (SSSR count). The fourth-order valence-electron chi connectivity index (χ4n) is 2.40. The Hall–Kier alpha value is -0.900. The highest BCUT2D eigenvalue weighted by molar-refractivity contribution is 5.30. The molecule has 1 saturated carbocycles. The number of hydrogen-bond acceptors (Lipinski definition) is 3. The van der Waals surface area contributed by atoms with Crippen LogP contribution in [0.15, 0.2) is 24.3 Å². The molecule has 1 aliphatic carbocycles. The molecule has 1 aliphatic rings. The van der Waals surface area contributed by atoms with Crippen LogP contribution >= 0.6 is 0 Å². The van der Waals surface area contributed by atoms with Crippen LogP contribution in [-0.2, 0) is 11.3 Å². The second-order valence-corrected chi connectivity index (χ2v) is 4.78. The van der Waals surface area contributed by atoms with Crippen molar-refractivity contribution in [1.29, 1.82) is 0 Å². The number of nitrogens with zero attached hydrogens (tertiary/aromatic N) is 1. The van der Waals surface area contributed by atoms with Crippen LogP contribution in [0.1, 0.15) is 30.0 Å². The molecule has 2 N–H and O–H groups in total. The zero-order valence-corrected chi connectivity index (χ0v) is 10.7. The molecule has 0 heterocycles. The predicted octanol–water partition coefficient (Wildman–Crippen LogP) is 1.93. The number of hydrogen-bond donors (Lipinski definition) is 1. The molecule has 0 aromatic heterocycles. The maximum atomic E-state index is 5.95. The standard InChI is InChI=1S/C14H22N2O/c1-16(12-7-8-12)14(9-15)13-6-4-3-5-11(13)10-17-2/h3-6,12,14H,7-10,15H2,1-2H3. The van der Waals surface area contributed by atoms with Gasteiger partial charge in [0.15, 0.2) is 0 Å². The first-order valence-electron chi connectivity index (χ1n) is 6.26. The first-order valence-corrected chi connectivity index (χ1v) is 6.26. The molecule has 0 radical (unpaired) electrons. The van der Waals surface area contributed by atoms with Gasteiger partial charge in [-0.15, -0.1) is 0 Å². The number of methoxy groups -OCH3 is 1. The van der Waals surface area contributed by atoms with Crippen molar-refractivity contribution in [2.45, 2.75) is 31.5 Å². The lowest BCUT2D eigenvalue weighted by Gasteiger charge is -2.29. The molecule has 0 bridgehead atoms. The maximum Gasteiger partial charge on any atom is 0.0716 e. The summed E-state index contributed by atoms with van der Waals surface area (Å²) in [4.78, 5) is 2.41. The van der Waals surface area contributed by atoms with Gasteiger partial charge in [-0.3, -0.25) is 4.90 Å². The van der Waals surface area contributed by atoms with Gasteiger partial charge in [0.1, 0.15) is 0 Å². The Morgan fingerprint density at radius 2 is 2.12 bits per heavy atom. The zero-order valence-electron chi connectivity index (χ0n) is 10.7. The van der Waals surface area contributed by atoms with Gasteiger partial charge in [0.2, 0.25) is 0 Å². The Morgan fingerprint density at radius 1 is 1.41 bits per heavy atom. The van der Waals surface area contributed by atoms with Crippen LogP contribution in [-0.4, -0.2) is 31.6 Å². The smallest absolute Gasteiger partial charge is 0.0716 e. The van der Waals surface area contributed by atoms with E-state index in [1.54, 1.807) is 7.11 Å². The van der Waals surface area contributed by atoms with E-state index in [4.69, 9.17) is 10.5 Å². The average Bonchev–Trinajstić information content (AvgIpc) is 3.16. The first-order chi connectivity index (χ1) is 8.27. The SMILES string of the molecule is COCc1ccccc1C(CN)N(C)C1CC1. The van der Waals surface area contributed by atoms with E-state index in [-0.39, 0.29) is 0 Å². The van der Waals surface area contributed by atoms with Gasteiger partial charge in [0.25, 0.3) is 0 Å². The molecule has 0 saturated heterocycles. The third-order valence-electron chi connectivity index (χ3n) is 3.55. The lowest BCUT2D eigenvalue weighted by molar-refractivity contribution is 0.179. The van der Waals surface area contributed by atoms with Gasteiger partial charge in [-0.25, -0.2) is 0 Å². The van der Waals surface area contributed by atoms with Gasteiger partial charge < -0.3 is 10.5 Å². The Bertz CT molecular complexity index is 363. The van der Waals surface area contributed by atoms with Crippen LogP contribution in [0.5, 0.6) is 0 Å². The van der Waals surface area contributed by atoms with Crippen molar-refractivity contribution >= 4 is 0 Å². The first kappa shape index (κ1) is 12.6. The van der Waals surface area contributed by atoms with E-state index in [1.165, 1.54) is 24.0 Å². The number of likely N-dealkylation sites (N-methyl/N-ethyl adjacent to an activating group) is 1. The lowest BCUT2D eigenvalue weighted by atomic mass is 9.99. The predicted molar refractivity (Wildman–Crippen MR) is 69.7 cm³/mol. The van der Waals surface area contributed by atoms with E-state index in [9.17, 15) is 0 Å². The van der Waals surface area contributed by atoms with E-state index in [2.05, 4.69) is 36.2 Å². The molecule has 1 atom stereocenters. The summed E-state index contributed by atoms with van der Waals surface area (Å²) in [6.45, 7) is 1.32. The second-order valence-electron chi connectivity index (χ2n) is 4.78. The van der Waals surface area contributed by atoms with Gasteiger partial charge in [-0.1, -0.05) is 24.3 Å². The van der Waals surface area contributed by atoms with Gasteiger partial charge in [-0.2, -0.15) is 0 Å². The maximum absolute atomic E-state index is 5.95. The topological polar surface area (TPSA) is 38.5 Å². The monoisotopic (exact) mass is 234 g/mol. The van der Waals surface area contributed by atoms with E-state index in [0.717, 1.165) is 6.04 Å². The van der Waals surface area contributed by atoms with Crippen molar-refractivity contribution in [3.8, 4) is 0 Å². The number of ether oxygens (including phenoxy) is 1. The van der Waals surface area contributed by atoms with Crippen LogP contribution in [0, 0.1) is 0 Å². The summed E-state index contributed by atoms with van der Waals surface area (Å²) in [5, 5.41) is 0. The summed E-state index contributed by atoms with van der Waals surface area (Å²) in [5.41, 5.74) is 8.51. The summed E-state index contributed by atoms with van der Waals surface area (Å²) in [6, 6.07) is 9.47. The fraction of sp³-hybridized carbons (Fsp3) is 0.571. The summed E-state index contributed by atoms with van der Waals surface area (Å²) < 4.78 is 5.26. The number of nitrogens with two attached hydrogens (primary N) is 1. The summed E-state index contributed by atoms with van der Waals surface area (Å²) in [7, 11) is 3.91. The van der Waals surface area contributed by atoms with Crippen molar-refractivity contribution in [3.63, 3.8) is 0 Å². The third kappa shape index (κ3) is 2.86. The molecule has 17 heavy (non-hydrogen) atoms. The van der Waals surface area contributed by atoms with Crippen molar-refractivity contribution in [2.24, 2.45) is 5.73 Å². The van der Waals surface area contributed by atoms with E-state index >= 15 is 0 Å². The minimum atomic E-state index is 0.314. The second kappa shape index (κ2) is 5.63. The minimum Gasteiger partial charge on any atom is -0.380 e. The Balaban J connectivity index is 2.22. The van der Waals surface area contributed by atoms with Gasteiger partial charge >= 0.3 is 0 Å². The minimum absolute atomic E-state index is 0.314. The molecule has 94 valence electrons. The summed E-state index contributed by atoms with van der Waals surface area (Å²) in [5.74, 6) is 0. The Kier molecular flexibility index (Phi) is 4.15. The van der Waals surface area contributed by atoms with Crippen LogP contribution in [0.2, 0.25) is 0 Å². The van der Waals surface area contributed by atoms with Crippen molar-refractivity contribution in [2.75, 3.05) is 20.7 Å². The molecule has 0 aliphatic heterocycles. The van der Waals surface area contributed by atoms with Crippen LogP contribution in [0.3, 0.4) is 0 Å². The molecule has 1 aromatic carbocycles. The van der Waals surface area contributed by atoms with E-state index < -0.39 is 0 Å². The van der Waals surface area contributed by atoms with Crippen LogP contribution < -0.4 is 5.73 Å².